The van der Waals surface area contributed by atoms with Gasteiger partial charge in [0.1, 0.15) is 10.7 Å². The number of aryl methyl sites for hydroxylation is 1. The van der Waals surface area contributed by atoms with Crippen molar-refractivity contribution in [2.75, 3.05) is 20.1 Å². The van der Waals surface area contributed by atoms with Crippen molar-refractivity contribution in [3.63, 3.8) is 0 Å². The second kappa shape index (κ2) is 6.85. The molecule has 20 heavy (non-hydrogen) atoms. The third-order valence-electron chi connectivity index (χ3n) is 3.49. The number of benzene rings is 1. The molecule has 1 aromatic rings. The van der Waals surface area contributed by atoms with E-state index in [1.807, 2.05) is 0 Å². The average Bonchev–Trinajstić information content (AvgIpc) is 2.78. The molecule has 1 N–H and O–H groups in total. The summed E-state index contributed by atoms with van der Waals surface area (Å²) >= 11 is 0. The number of hydrogen-bond donors (Lipinski definition) is 1. The molecule has 0 spiro atoms. The van der Waals surface area contributed by atoms with Crippen LogP contribution in [0.2, 0.25) is 0 Å². The summed E-state index contributed by atoms with van der Waals surface area (Å²) in [5.41, 5.74) is 0.454. The smallest absolute Gasteiger partial charge is 0.246 e. The molecule has 0 radical (unpaired) electrons. The van der Waals surface area contributed by atoms with Crippen LogP contribution >= 0.6 is 12.4 Å². The topological polar surface area (TPSA) is 49.4 Å². The van der Waals surface area contributed by atoms with Gasteiger partial charge in [0.15, 0.2) is 0 Å². The van der Waals surface area contributed by atoms with E-state index in [1.165, 1.54) is 16.4 Å². The molecule has 0 amide bonds. The minimum atomic E-state index is -3.75. The Bertz CT molecular complexity index is 545. The van der Waals surface area contributed by atoms with Crippen LogP contribution in [0.1, 0.15) is 18.4 Å². The van der Waals surface area contributed by atoms with Gasteiger partial charge in [-0.15, -0.1) is 12.4 Å². The lowest BCUT2D eigenvalue weighted by molar-refractivity contribution is 0.376. The molecular formula is C13H20ClFN2O2S. The molecule has 2 rings (SSSR count). The minimum Gasteiger partial charge on any atom is -0.318 e. The maximum absolute atomic E-state index is 13.9. The van der Waals surface area contributed by atoms with E-state index in [-0.39, 0.29) is 23.3 Å². The Balaban J connectivity index is 0.00000200. The summed E-state index contributed by atoms with van der Waals surface area (Å²) in [7, 11) is -1.96. The first-order valence-corrected chi connectivity index (χ1v) is 7.84. The molecule has 1 saturated heterocycles. The van der Waals surface area contributed by atoms with E-state index in [1.54, 1.807) is 20.0 Å². The maximum atomic E-state index is 13.9. The number of hydrogen-bond acceptors (Lipinski definition) is 3. The number of likely N-dealkylation sites (N-methyl/N-ethyl adjacent to an activating group) is 1. The van der Waals surface area contributed by atoms with Crippen molar-refractivity contribution >= 4 is 22.4 Å². The molecule has 0 aromatic heterocycles. The lowest BCUT2D eigenvalue weighted by atomic mass is 10.2. The molecule has 1 aliphatic heterocycles. The van der Waals surface area contributed by atoms with Gasteiger partial charge in [-0.05, 0) is 38.4 Å². The highest BCUT2D eigenvalue weighted by molar-refractivity contribution is 7.89. The molecule has 7 heteroatoms. The second-order valence-corrected chi connectivity index (χ2v) is 6.68. The minimum absolute atomic E-state index is 0. The lowest BCUT2D eigenvalue weighted by Crippen LogP contribution is -2.41. The first kappa shape index (κ1) is 17.4. The van der Waals surface area contributed by atoms with Crippen LogP contribution in [0.4, 0.5) is 4.39 Å². The third kappa shape index (κ3) is 3.14. The van der Waals surface area contributed by atoms with Crippen LogP contribution < -0.4 is 5.32 Å². The number of halogens is 2. The third-order valence-corrected chi connectivity index (χ3v) is 5.62. The normalized spacial score (nSPS) is 19.9. The zero-order chi connectivity index (χ0) is 14.0. The van der Waals surface area contributed by atoms with Gasteiger partial charge in [0.2, 0.25) is 10.0 Å². The van der Waals surface area contributed by atoms with Gasteiger partial charge in [0, 0.05) is 19.1 Å². The van der Waals surface area contributed by atoms with Crippen molar-refractivity contribution in [2.45, 2.75) is 30.7 Å². The molecule has 0 aliphatic carbocycles. The van der Waals surface area contributed by atoms with E-state index < -0.39 is 15.8 Å². The van der Waals surface area contributed by atoms with Gasteiger partial charge in [-0.3, -0.25) is 0 Å². The van der Waals surface area contributed by atoms with Crippen molar-refractivity contribution < 1.29 is 12.8 Å². The highest BCUT2D eigenvalue weighted by atomic mass is 35.5. The molecule has 1 aliphatic rings. The number of nitrogens with zero attached hydrogens (tertiary/aromatic N) is 1. The molecule has 1 fully saturated rings. The maximum Gasteiger partial charge on any atom is 0.246 e. The Hall–Kier alpha value is -0.690. The van der Waals surface area contributed by atoms with E-state index in [0.29, 0.717) is 18.7 Å². The van der Waals surface area contributed by atoms with Crippen molar-refractivity contribution in [2.24, 2.45) is 0 Å². The summed E-state index contributed by atoms with van der Waals surface area (Å²) in [5, 5.41) is 2.99. The molecule has 0 bridgehead atoms. The quantitative estimate of drug-likeness (QED) is 0.921. The highest BCUT2D eigenvalue weighted by Gasteiger charge is 2.36. The summed E-state index contributed by atoms with van der Waals surface area (Å²) < 4.78 is 40.6. The monoisotopic (exact) mass is 322 g/mol. The first-order chi connectivity index (χ1) is 8.98. The van der Waals surface area contributed by atoms with Gasteiger partial charge in [-0.1, -0.05) is 12.1 Å². The molecule has 114 valence electrons. The van der Waals surface area contributed by atoms with Crippen molar-refractivity contribution in [1.29, 1.82) is 0 Å². The standard InChI is InChI=1S/C13H19FN2O2S.ClH/c1-10-5-3-7-12(14)13(10)19(17,18)16-8-4-6-11(16)9-15-2;/h3,5,7,11,15H,4,6,8-9H2,1-2H3;1H. The Morgan fingerprint density at radius 3 is 2.75 bits per heavy atom. The van der Waals surface area contributed by atoms with Crippen LogP contribution in [-0.4, -0.2) is 38.9 Å². The number of nitrogens with one attached hydrogen (secondary N) is 1. The van der Waals surface area contributed by atoms with E-state index >= 15 is 0 Å². The number of rotatable bonds is 4. The zero-order valence-electron chi connectivity index (χ0n) is 11.6. The summed E-state index contributed by atoms with van der Waals surface area (Å²) in [6.07, 6.45) is 1.63. The van der Waals surface area contributed by atoms with E-state index in [0.717, 1.165) is 12.8 Å². The van der Waals surface area contributed by atoms with Crippen molar-refractivity contribution in [3.8, 4) is 0 Å². The fourth-order valence-electron chi connectivity index (χ4n) is 2.63. The van der Waals surface area contributed by atoms with Crippen molar-refractivity contribution in [1.82, 2.24) is 9.62 Å². The fraction of sp³-hybridized carbons (Fsp3) is 0.538. The van der Waals surface area contributed by atoms with E-state index in [4.69, 9.17) is 0 Å². The molecule has 1 unspecified atom stereocenters. The van der Waals surface area contributed by atoms with Crippen LogP contribution in [0.5, 0.6) is 0 Å². The zero-order valence-corrected chi connectivity index (χ0v) is 13.2. The average molecular weight is 323 g/mol. The Kier molecular flexibility index (Phi) is 5.94. The SMILES string of the molecule is CNCC1CCCN1S(=O)(=O)c1c(C)cccc1F.Cl. The van der Waals surface area contributed by atoms with Crippen molar-refractivity contribution in [3.05, 3.63) is 29.6 Å². The molecule has 1 atom stereocenters. The largest absolute Gasteiger partial charge is 0.318 e. The van der Waals surface area contributed by atoms with Crippen LogP contribution in [-0.2, 0) is 10.0 Å². The van der Waals surface area contributed by atoms with Gasteiger partial charge in [0.05, 0.1) is 0 Å². The van der Waals surface area contributed by atoms with Crippen LogP contribution in [0.25, 0.3) is 0 Å². The van der Waals surface area contributed by atoms with E-state index in [2.05, 4.69) is 5.32 Å². The molecule has 1 heterocycles. The van der Waals surface area contributed by atoms with Gasteiger partial charge < -0.3 is 5.32 Å². The summed E-state index contributed by atoms with van der Waals surface area (Å²) in [5.74, 6) is -0.671. The molecule has 4 nitrogen and oxygen atoms in total. The van der Waals surface area contributed by atoms with E-state index in [9.17, 15) is 12.8 Å². The highest BCUT2D eigenvalue weighted by Crippen LogP contribution is 2.29. The molecular weight excluding hydrogens is 303 g/mol. The fourth-order valence-corrected chi connectivity index (χ4v) is 4.59. The van der Waals surface area contributed by atoms with Gasteiger partial charge >= 0.3 is 0 Å². The predicted octanol–water partition coefficient (Wildman–Crippen LogP) is 1.93. The predicted molar refractivity (Wildman–Crippen MR) is 79.2 cm³/mol. The van der Waals surface area contributed by atoms with Gasteiger partial charge in [0.25, 0.3) is 0 Å². The molecule has 1 aromatic carbocycles. The Morgan fingerprint density at radius 2 is 2.15 bits per heavy atom. The van der Waals surface area contributed by atoms with Gasteiger partial charge in [-0.25, -0.2) is 12.8 Å². The lowest BCUT2D eigenvalue weighted by Gasteiger charge is -2.24. The Morgan fingerprint density at radius 1 is 1.45 bits per heavy atom. The van der Waals surface area contributed by atoms with Crippen LogP contribution in [0.3, 0.4) is 0 Å². The summed E-state index contributed by atoms with van der Waals surface area (Å²) in [4.78, 5) is -0.182. The number of sulfonamides is 1. The summed E-state index contributed by atoms with van der Waals surface area (Å²) in [6, 6.07) is 4.26. The first-order valence-electron chi connectivity index (χ1n) is 6.40. The van der Waals surface area contributed by atoms with Crippen LogP contribution in [0, 0.1) is 12.7 Å². The second-order valence-electron chi connectivity index (χ2n) is 4.86. The van der Waals surface area contributed by atoms with Crippen LogP contribution in [0.15, 0.2) is 23.1 Å². The summed E-state index contributed by atoms with van der Waals surface area (Å²) in [6.45, 7) is 2.67. The molecule has 0 saturated carbocycles. The Labute approximate surface area is 125 Å². The van der Waals surface area contributed by atoms with Gasteiger partial charge in [-0.2, -0.15) is 4.31 Å².